The van der Waals surface area contributed by atoms with Crippen LogP contribution in [-0.2, 0) is 19.7 Å². The fourth-order valence-electron chi connectivity index (χ4n) is 2.21. The number of sulfonamides is 1. The Labute approximate surface area is 139 Å². The van der Waals surface area contributed by atoms with Crippen molar-refractivity contribution in [1.82, 2.24) is 4.13 Å². The maximum absolute atomic E-state index is 14.5. The minimum Gasteiger partial charge on any atom is -0.246 e. The van der Waals surface area contributed by atoms with Crippen molar-refractivity contribution in [3.8, 4) is 0 Å². The Bertz CT molecular complexity index is 816. The zero-order valence-electron chi connectivity index (χ0n) is 12.6. The van der Waals surface area contributed by atoms with Gasteiger partial charge in [-0.15, -0.1) is 4.13 Å². The van der Waals surface area contributed by atoms with Crippen LogP contribution < -0.4 is 4.13 Å². The summed E-state index contributed by atoms with van der Waals surface area (Å²) < 4.78 is 101. The highest BCUT2D eigenvalue weighted by molar-refractivity contribution is 8.39. The van der Waals surface area contributed by atoms with E-state index in [1.165, 1.54) is 19.5 Å². The van der Waals surface area contributed by atoms with E-state index in [4.69, 9.17) is 0 Å². The van der Waals surface area contributed by atoms with E-state index in [0.717, 1.165) is 0 Å². The monoisotopic (exact) mass is 409 g/mol. The summed E-state index contributed by atoms with van der Waals surface area (Å²) in [6.45, 7) is -2.52. The summed E-state index contributed by atoms with van der Waals surface area (Å²) in [5.74, 6) is -2.48. The highest BCUT2D eigenvalue weighted by Gasteiger charge is 2.28. The normalized spacial score (nSPS) is 17.6. The van der Waals surface area contributed by atoms with Gasteiger partial charge in [-0.2, -0.15) is 0 Å². The second-order valence-corrected chi connectivity index (χ2v) is 10.2. The van der Waals surface area contributed by atoms with E-state index < -0.39 is 62.4 Å². The van der Waals surface area contributed by atoms with Crippen LogP contribution in [0, 0.1) is 0 Å². The molecule has 1 aliphatic rings. The van der Waals surface area contributed by atoms with Crippen LogP contribution in [0.4, 0.5) is 17.6 Å². The summed E-state index contributed by atoms with van der Waals surface area (Å²) in [5.41, 5.74) is -1.81. The highest BCUT2D eigenvalue weighted by Crippen LogP contribution is 2.35. The molecule has 0 aromatic carbocycles. The van der Waals surface area contributed by atoms with E-state index in [0.29, 0.717) is 0 Å². The van der Waals surface area contributed by atoms with Gasteiger partial charge in [-0.3, -0.25) is 0 Å². The van der Waals surface area contributed by atoms with Gasteiger partial charge in [0, 0.05) is 19.6 Å². The topological polar surface area (TPSA) is 80.3 Å². The summed E-state index contributed by atoms with van der Waals surface area (Å²) in [6.07, 6.45) is -0.371. The quantitative estimate of drug-likeness (QED) is 0.516. The summed E-state index contributed by atoms with van der Waals surface area (Å²) in [5, 5.41) is 0. The molecular formula is C12H16F4NO4PS2. The van der Waals surface area contributed by atoms with Crippen LogP contribution in [0.5, 0.6) is 0 Å². The van der Waals surface area contributed by atoms with Crippen LogP contribution in [0.2, 0.25) is 0 Å². The molecule has 0 aromatic rings. The molecule has 0 saturated carbocycles. The van der Waals surface area contributed by atoms with Crippen molar-refractivity contribution in [1.29, 1.82) is 0 Å². The van der Waals surface area contributed by atoms with Crippen LogP contribution in [0.25, 0.3) is 0 Å². The molecule has 0 radical (unpaired) electrons. The summed E-state index contributed by atoms with van der Waals surface area (Å²) in [6, 6.07) is 0. The number of halogens is 4. The molecule has 0 fully saturated rings. The Morgan fingerprint density at radius 2 is 1.54 bits per heavy atom. The van der Waals surface area contributed by atoms with Crippen LogP contribution in [0.15, 0.2) is 33.7 Å². The number of hydrogen-bond donors (Lipinski definition) is 1. The lowest BCUT2D eigenvalue weighted by molar-refractivity contribution is 0.488. The molecule has 0 bridgehead atoms. The minimum absolute atomic E-state index is 0.0971. The van der Waals surface area contributed by atoms with Gasteiger partial charge in [-0.25, -0.2) is 34.4 Å². The van der Waals surface area contributed by atoms with Crippen molar-refractivity contribution in [3.63, 3.8) is 0 Å². The molecule has 0 aliphatic heterocycles. The number of allylic oxidation sites excluding steroid dienone is 5. The Morgan fingerprint density at radius 3 is 1.96 bits per heavy atom. The van der Waals surface area contributed by atoms with E-state index in [2.05, 4.69) is 0 Å². The van der Waals surface area contributed by atoms with Gasteiger partial charge >= 0.3 is 0 Å². The number of nitrogens with one attached hydrogen (secondary N) is 1. The molecule has 0 spiro atoms. The predicted octanol–water partition coefficient (Wildman–Crippen LogP) is 2.17. The Morgan fingerprint density at radius 1 is 1.00 bits per heavy atom. The summed E-state index contributed by atoms with van der Waals surface area (Å²) in [4.78, 5) is 0. The molecule has 0 saturated heterocycles. The van der Waals surface area contributed by atoms with Crippen molar-refractivity contribution in [2.45, 2.75) is 13.3 Å². The SMILES string of the molecule is CC1=C(CF)CC(CF)=C(CF)C(F)=C1CS(=O)(=O)NS(=O)(=O)P. The van der Waals surface area contributed by atoms with Gasteiger partial charge in [-0.05, 0) is 30.1 Å². The number of hydrogen-bond acceptors (Lipinski definition) is 4. The van der Waals surface area contributed by atoms with Crippen molar-refractivity contribution in [3.05, 3.63) is 33.7 Å². The molecule has 138 valence electrons. The van der Waals surface area contributed by atoms with E-state index in [1.54, 1.807) is 0 Å². The van der Waals surface area contributed by atoms with Crippen LogP contribution in [0.1, 0.15) is 13.3 Å². The molecule has 5 nitrogen and oxygen atoms in total. The van der Waals surface area contributed by atoms with Crippen molar-refractivity contribution < 1.29 is 34.4 Å². The standard InChI is InChI=1S/C12H16F4NO4PS2/c1-7-8(3-13)2-9(4-14)10(5-15)12(16)11(7)6-23(18,19)17-24(20,21)22/h17H,2-6,22H2,1H3. The molecule has 0 amide bonds. The molecule has 12 heteroatoms. The second-order valence-electron chi connectivity index (χ2n) is 5.07. The highest BCUT2D eigenvalue weighted by atomic mass is 32.7. The molecule has 0 heterocycles. The summed E-state index contributed by atoms with van der Waals surface area (Å²) >= 11 is 0. The molecule has 0 aromatic heterocycles. The molecule has 1 rings (SSSR count). The van der Waals surface area contributed by atoms with E-state index in [1.807, 2.05) is 0 Å². The van der Waals surface area contributed by atoms with E-state index in [-0.39, 0.29) is 23.1 Å². The molecule has 1 atom stereocenters. The molecule has 24 heavy (non-hydrogen) atoms. The Kier molecular flexibility index (Phi) is 7.16. The third-order valence-electron chi connectivity index (χ3n) is 3.40. The lowest BCUT2D eigenvalue weighted by Gasteiger charge is -2.12. The van der Waals surface area contributed by atoms with Gasteiger partial charge in [0.2, 0.25) is 19.7 Å². The van der Waals surface area contributed by atoms with Crippen molar-refractivity contribution in [2.75, 3.05) is 25.8 Å². The van der Waals surface area contributed by atoms with Crippen LogP contribution >= 0.6 is 8.44 Å². The maximum atomic E-state index is 14.5. The first-order valence-corrected chi connectivity index (χ1v) is 11.1. The molecular weight excluding hydrogens is 393 g/mol. The number of alkyl halides is 3. The fraction of sp³-hybridized carbons (Fsp3) is 0.500. The lowest BCUT2D eigenvalue weighted by atomic mass is 10.0. The van der Waals surface area contributed by atoms with Crippen molar-refractivity contribution in [2.24, 2.45) is 0 Å². The summed E-state index contributed by atoms with van der Waals surface area (Å²) in [7, 11) is -7.54. The van der Waals surface area contributed by atoms with Crippen LogP contribution in [0.3, 0.4) is 0 Å². The number of rotatable bonds is 7. The van der Waals surface area contributed by atoms with Gasteiger partial charge < -0.3 is 0 Å². The van der Waals surface area contributed by atoms with Crippen molar-refractivity contribution >= 4 is 28.1 Å². The maximum Gasteiger partial charge on any atom is 0.235 e. The lowest BCUT2D eigenvalue weighted by Crippen LogP contribution is -2.30. The van der Waals surface area contributed by atoms with E-state index in [9.17, 15) is 34.4 Å². The fourth-order valence-corrected chi connectivity index (χ4v) is 5.90. The Hall–Kier alpha value is -0.770. The third kappa shape index (κ3) is 5.37. The van der Waals surface area contributed by atoms with E-state index >= 15 is 0 Å². The Balaban J connectivity index is 3.52. The molecule has 1 N–H and O–H groups in total. The van der Waals surface area contributed by atoms with Gasteiger partial charge in [0.15, 0.2) is 0 Å². The zero-order chi connectivity index (χ0) is 18.7. The zero-order valence-corrected chi connectivity index (χ0v) is 15.4. The van der Waals surface area contributed by atoms with Gasteiger partial charge in [0.05, 0.1) is 5.75 Å². The minimum atomic E-state index is -4.56. The molecule has 1 unspecified atom stereocenters. The smallest absolute Gasteiger partial charge is 0.235 e. The average Bonchev–Trinajstić information content (AvgIpc) is 2.53. The van der Waals surface area contributed by atoms with Gasteiger partial charge in [-0.1, -0.05) is 0 Å². The average molecular weight is 409 g/mol. The molecule has 1 aliphatic carbocycles. The first-order chi connectivity index (χ1) is 11.0. The van der Waals surface area contributed by atoms with Gasteiger partial charge in [0.1, 0.15) is 25.9 Å². The largest absolute Gasteiger partial charge is 0.246 e. The van der Waals surface area contributed by atoms with Gasteiger partial charge in [0.25, 0.3) is 0 Å². The van der Waals surface area contributed by atoms with Crippen LogP contribution in [-0.4, -0.2) is 42.6 Å². The third-order valence-corrected chi connectivity index (χ3v) is 6.88. The first kappa shape index (κ1) is 21.3. The first-order valence-electron chi connectivity index (χ1n) is 6.46. The second kappa shape index (κ2) is 8.07. The predicted molar refractivity (Wildman–Crippen MR) is 86.0 cm³/mol.